The zero-order valence-corrected chi connectivity index (χ0v) is 22.2. The third kappa shape index (κ3) is 7.03. The van der Waals surface area contributed by atoms with E-state index in [0.29, 0.717) is 35.2 Å². The molecule has 1 heterocycles. The molecule has 0 aliphatic carbocycles. The van der Waals surface area contributed by atoms with Crippen molar-refractivity contribution >= 4 is 17.7 Å². The maximum atomic E-state index is 15.4. The van der Waals surface area contributed by atoms with E-state index >= 15 is 4.39 Å². The molecule has 1 atom stereocenters. The molecule has 38 heavy (non-hydrogen) atoms. The van der Waals surface area contributed by atoms with Crippen LogP contribution in [-0.2, 0) is 20.1 Å². The van der Waals surface area contributed by atoms with Crippen LogP contribution in [0.1, 0.15) is 36.6 Å². The van der Waals surface area contributed by atoms with Gasteiger partial charge >= 0.3 is 0 Å². The minimum absolute atomic E-state index is 0.0564. The van der Waals surface area contributed by atoms with Gasteiger partial charge < -0.3 is 29.0 Å². The van der Waals surface area contributed by atoms with Crippen LogP contribution >= 0.6 is 0 Å². The molecule has 0 radical (unpaired) electrons. The van der Waals surface area contributed by atoms with Crippen LogP contribution in [-0.4, -0.2) is 72.5 Å². The van der Waals surface area contributed by atoms with Gasteiger partial charge in [0.1, 0.15) is 31.0 Å². The molecule has 2 aromatic carbocycles. The van der Waals surface area contributed by atoms with Gasteiger partial charge in [-0.05, 0) is 26.0 Å². The third-order valence-electron chi connectivity index (χ3n) is 5.92. The van der Waals surface area contributed by atoms with E-state index in [9.17, 15) is 8.78 Å². The van der Waals surface area contributed by atoms with Gasteiger partial charge in [0.25, 0.3) is 5.92 Å². The lowest BCUT2D eigenvalue weighted by Gasteiger charge is -2.28. The summed E-state index contributed by atoms with van der Waals surface area (Å²) in [7, 11) is 4.65. The van der Waals surface area contributed by atoms with Gasteiger partial charge in [-0.2, -0.15) is 8.78 Å². The average molecular weight is 538 g/mol. The quantitative estimate of drug-likeness (QED) is 0.224. The standard InChI is InChI=1S/C27H34F3N3O5/c1-6-32-22-13-23(35-5)24(37-11-10-34-4)12-20(22)26(31-3)33-17(2)19-8-7-9-21(25(19)28)27(29,30)16-38-18-14-36-15-18/h6-9,12-13,17-18H,10-11,14-16H2,1-5H3,(H,31,33)/b32-6+/t17-/m1/s1. The highest BCUT2D eigenvalue weighted by molar-refractivity contribution is 6.04. The molecule has 8 nitrogen and oxygen atoms in total. The Morgan fingerprint density at radius 2 is 1.97 bits per heavy atom. The molecular weight excluding hydrogens is 503 g/mol. The minimum atomic E-state index is -3.51. The van der Waals surface area contributed by atoms with Crippen molar-refractivity contribution in [3.63, 3.8) is 0 Å². The molecule has 208 valence electrons. The van der Waals surface area contributed by atoms with Crippen LogP contribution in [0.15, 0.2) is 40.3 Å². The Morgan fingerprint density at radius 3 is 2.58 bits per heavy atom. The van der Waals surface area contributed by atoms with E-state index in [1.54, 1.807) is 46.4 Å². The average Bonchev–Trinajstić information content (AvgIpc) is 2.87. The topological polar surface area (TPSA) is 82.9 Å². The predicted molar refractivity (Wildman–Crippen MR) is 139 cm³/mol. The van der Waals surface area contributed by atoms with Crippen molar-refractivity contribution in [3.05, 3.63) is 52.8 Å². The summed E-state index contributed by atoms with van der Waals surface area (Å²) in [5, 5.41) is 3.14. The molecule has 0 bridgehead atoms. The number of rotatable bonds is 13. The van der Waals surface area contributed by atoms with Crippen molar-refractivity contribution < 1.29 is 36.9 Å². The van der Waals surface area contributed by atoms with Crippen molar-refractivity contribution in [2.75, 3.05) is 54.3 Å². The van der Waals surface area contributed by atoms with Crippen LogP contribution < -0.4 is 14.8 Å². The van der Waals surface area contributed by atoms with Crippen LogP contribution in [0.5, 0.6) is 11.5 Å². The first-order chi connectivity index (χ1) is 18.2. The Morgan fingerprint density at radius 1 is 1.21 bits per heavy atom. The summed E-state index contributed by atoms with van der Waals surface area (Å²) in [6, 6.07) is 6.62. The van der Waals surface area contributed by atoms with Crippen LogP contribution in [0.25, 0.3) is 0 Å². The zero-order chi connectivity index (χ0) is 27.7. The minimum Gasteiger partial charge on any atom is -0.493 e. The molecule has 0 unspecified atom stereocenters. The van der Waals surface area contributed by atoms with E-state index in [-0.39, 0.29) is 25.4 Å². The summed E-state index contributed by atoms with van der Waals surface area (Å²) in [5.41, 5.74) is 0.416. The fraction of sp³-hybridized carbons (Fsp3) is 0.481. The normalized spacial score (nSPS) is 15.4. The summed E-state index contributed by atoms with van der Waals surface area (Å²) < 4.78 is 71.5. The van der Waals surface area contributed by atoms with E-state index in [4.69, 9.17) is 23.7 Å². The number of amidine groups is 1. The SMILES string of the molecule is C/C=N/c1cc(OC)c(OCCOC)cc1/C(=N\C)N[C@H](C)c1cccc(C(F)(F)COC2COC2)c1F. The van der Waals surface area contributed by atoms with Gasteiger partial charge in [-0.25, -0.2) is 4.39 Å². The highest BCUT2D eigenvalue weighted by atomic mass is 19.3. The molecule has 1 saturated heterocycles. The summed E-state index contributed by atoms with van der Waals surface area (Å²) >= 11 is 0. The van der Waals surface area contributed by atoms with Gasteiger partial charge in [0, 0.05) is 37.6 Å². The largest absolute Gasteiger partial charge is 0.493 e. The second kappa shape index (κ2) is 13.6. The summed E-state index contributed by atoms with van der Waals surface area (Å²) in [5.74, 6) is -3.25. The van der Waals surface area contributed by atoms with Crippen molar-refractivity contribution in [2.24, 2.45) is 9.98 Å². The van der Waals surface area contributed by atoms with E-state index in [1.165, 1.54) is 19.2 Å². The zero-order valence-electron chi connectivity index (χ0n) is 22.2. The second-order valence-corrected chi connectivity index (χ2v) is 8.57. The summed E-state index contributed by atoms with van der Waals surface area (Å²) in [6.45, 7) is 3.67. The predicted octanol–water partition coefficient (Wildman–Crippen LogP) is 4.82. The summed E-state index contributed by atoms with van der Waals surface area (Å²) in [4.78, 5) is 8.74. The molecule has 0 saturated carbocycles. The molecule has 3 rings (SSSR count). The number of hydrogen-bond acceptors (Lipinski definition) is 7. The Labute approximate surface area is 220 Å². The Hall–Kier alpha value is -3.15. The van der Waals surface area contributed by atoms with Gasteiger partial charge in [-0.15, -0.1) is 0 Å². The van der Waals surface area contributed by atoms with Gasteiger partial charge in [0.2, 0.25) is 0 Å². The number of aliphatic imine (C=N–C) groups is 2. The lowest BCUT2D eigenvalue weighted by Crippen LogP contribution is -2.39. The second-order valence-electron chi connectivity index (χ2n) is 8.57. The first kappa shape index (κ1) is 29.4. The fourth-order valence-corrected chi connectivity index (χ4v) is 3.81. The van der Waals surface area contributed by atoms with Crippen LogP contribution in [0, 0.1) is 5.82 Å². The first-order valence-corrected chi connectivity index (χ1v) is 12.2. The lowest BCUT2D eigenvalue weighted by atomic mass is 9.99. The number of hydrogen-bond donors (Lipinski definition) is 1. The van der Waals surface area contributed by atoms with E-state index in [2.05, 4.69) is 15.3 Å². The van der Waals surface area contributed by atoms with Crippen molar-refractivity contribution in [1.29, 1.82) is 0 Å². The highest BCUT2D eigenvalue weighted by Gasteiger charge is 2.38. The molecule has 0 spiro atoms. The number of halogens is 3. The monoisotopic (exact) mass is 537 g/mol. The number of benzene rings is 2. The Balaban J connectivity index is 1.88. The first-order valence-electron chi connectivity index (χ1n) is 12.2. The van der Waals surface area contributed by atoms with Crippen molar-refractivity contribution in [3.8, 4) is 11.5 Å². The molecular formula is C27H34F3N3O5. The maximum absolute atomic E-state index is 15.4. The van der Waals surface area contributed by atoms with Gasteiger partial charge in [-0.3, -0.25) is 9.98 Å². The maximum Gasteiger partial charge on any atom is 0.298 e. The van der Waals surface area contributed by atoms with Crippen molar-refractivity contribution in [2.45, 2.75) is 31.9 Å². The van der Waals surface area contributed by atoms with Crippen molar-refractivity contribution in [1.82, 2.24) is 5.32 Å². The Bertz CT molecular complexity index is 1140. The van der Waals surface area contributed by atoms with E-state index < -0.39 is 36.1 Å². The van der Waals surface area contributed by atoms with Gasteiger partial charge in [0.05, 0.1) is 44.2 Å². The molecule has 1 fully saturated rings. The van der Waals surface area contributed by atoms with Crippen LogP contribution in [0.3, 0.4) is 0 Å². The molecule has 1 aliphatic heterocycles. The number of nitrogens with zero attached hydrogens (tertiary/aromatic N) is 2. The van der Waals surface area contributed by atoms with Gasteiger partial charge in [-0.1, -0.05) is 12.1 Å². The smallest absolute Gasteiger partial charge is 0.298 e. The third-order valence-corrected chi connectivity index (χ3v) is 5.92. The van der Waals surface area contributed by atoms with Gasteiger partial charge in [0.15, 0.2) is 11.5 Å². The molecule has 2 aromatic rings. The fourth-order valence-electron chi connectivity index (χ4n) is 3.81. The molecule has 1 N–H and O–H groups in total. The van der Waals surface area contributed by atoms with E-state index in [0.717, 1.165) is 6.07 Å². The Kier molecular flexibility index (Phi) is 10.5. The number of alkyl halides is 2. The molecule has 11 heteroatoms. The lowest BCUT2D eigenvalue weighted by molar-refractivity contribution is -0.175. The number of methoxy groups -OCH3 is 2. The molecule has 1 aliphatic rings. The number of nitrogens with one attached hydrogen (secondary N) is 1. The summed E-state index contributed by atoms with van der Waals surface area (Å²) in [6.07, 6.45) is 1.22. The van der Waals surface area contributed by atoms with Crippen LogP contribution in [0.4, 0.5) is 18.9 Å². The molecule has 0 aromatic heterocycles. The van der Waals surface area contributed by atoms with Crippen LogP contribution in [0.2, 0.25) is 0 Å². The highest BCUT2D eigenvalue weighted by Crippen LogP contribution is 2.37. The number of ether oxygens (including phenoxy) is 5. The molecule has 0 amide bonds. The van der Waals surface area contributed by atoms with E-state index in [1.807, 2.05) is 0 Å².